The van der Waals surface area contributed by atoms with Gasteiger partial charge >= 0.3 is 6.09 Å². The van der Waals surface area contributed by atoms with Crippen LogP contribution in [0.3, 0.4) is 0 Å². The maximum atomic E-state index is 12.8. The summed E-state index contributed by atoms with van der Waals surface area (Å²) in [7, 11) is -4.00. The SMILES string of the molecule is CC(C)(C)N(CCCCCC(=O)c1cc2c(c(S(N)(=O)=O)c1)OCC2)C(=O)OCCc1ccccc1Cl. The summed E-state index contributed by atoms with van der Waals surface area (Å²) in [6.45, 7) is 6.94. The first-order valence-electron chi connectivity index (χ1n) is 12.4. The molecule has 0 spiro atoms. The third-order valence-corrected chi connectivity index (χ3v) is 7.53. The number of benzene rings is 2. The lowest BCUT2D eigenvalue weighted by molar-refractivity contribution is 0.0673. The Morgan fingerprint density at radius 3 is 2.54 bits per heavy atom. The van der Waals surface area contributed by atoms with Crippen LogP contribution >= 0.6 is 11.6 Å². The summed E-state index contributed by atoms with van der Waals surface area (Å²) in [4.78, 5) is 27.1. The number of halogens is 1. The van der Waals surface area contributed by atoms with Crippen LogP contribution in [0.1, 0.15) is 67.9 Å². The number of ether oxygens (including phenoxy) is 2. The summed E-state index contributed by atoms with van der Waals surface area (Å²) in [5.41, 5.74) is 1.51. The normalized spacial score (nSPS) is 13.1. The number of carbonyl (C=O) groups excluding carboxylic acids is 2. The van der Waals surface area contributed by atoms with Gasteiger partial charge in [-0.3, -0.25) is 4.79 Å². The summed E-state index contributed by atoms with van der Waals surface area (Å²) in [5.74, 6) is 0.103. The summed E-state index contributed by atoms with van der Waals surface area (Å²) in [6.07, 6.45) is 2.99. The Morgan fingerprint density at radius 1 is 1.14 bits per heavy atom. The Balaban J connectivity index is 1.49. The van der Waals surface area contributed by atoms with Crippen LogP contribution in [0.25, 0.3) is 0 Å². The van der Waals surface area contributed by atoms with Gasteiger partial charge in [-0.25, -0.2) is 18.4 Å². The highest BCUT2D eigenvalue weighted by atomic mass is 35.5. The number of hydrogen-bond acceptors (Lipinski definition) is 6. The lowest BCUT2D eigenvalue weighted by atomic mass is 10.0. The number of primary sulfonamides is 1. The van der Waals surface area contributed by atoms with Crippen LogP contribution in [0.4, 0.5) is 4.79 Å². The number of ketones is 1. The van der Waals surface area contributed by atoms with Gasteiger partial charge in [0, 0.05) is 41.9 Å². The van der Waals surface area contributed by atoms with Gasteiger partial charge in [-0.1, -0.05) is 36.2 Å². The molecule has 0 atom stereocenters. The van der Waals surface area contributed by atoms with E-state index in [9.17, 15) is 18.0 Å². The first kappa shape index (κ1) is 28.9. The second-order valence-corrected chi connectivity index (χ2v) is 12.1. The van der Waals surface area contributed by atoms with Crippen molar-refractivity contribution in [3.8, 4) is 5.75 Å². The Morgan fingerprint density at radius 2 is 1.86 bits per heavy atom. The lowest BCUT2D eigenvalue weighted by Crippen LogP contribution is -2.46. The number of nitrogens with zero attached hydrogens (tertiary/aromatic N) is 1. The first-order chi connectivity index (χ1) is 17.4. The van der Waals surface area contributed by atoms with Gasteiger partial charge < -0.3 is 14.4 Å². The van der Waals surface area contributed by atoms with E-state index in [1.807, 2.05) is 45.0 Å². The van der Waals surface area contributed by atoms with Crippen LogP contribution in [0.15, 0.2) is 41.3 Å². The molecule has 1 amide bonds. The van der Waals surface area contributed by atoms with E-state index in [-0.39, 0.29) is 35.5 Å². The maximum Gasteiger partial charge on any atom is 0.410 e. The third-order valence-electron chi connectivity index (χ3n) is 6.25. The lowest BCUT2D eigenvalue weighted by Gasteiger charge is -2.34. The van der Waals surface area contributed by atoms with Crippen molar-refractivity contribution in [2.75, 3.05) is 19.8 Å². The van der Waals surface area contributed by atoms with E-state index in [0.29, 0.717) is 55.0 Å². The molecule has 2 aromatic carbocycles. The van der Waals surface area contributed by atoms with Crippen LogP contribution in [0.2, 0.25) is 5.02 Å². The van der Waals surface area contributed by atoms with Gasteiger partial charge in [0.05, 0.1) is 13.2 Å². The number of unbranched alkanes of at least 4 members (excludes halogenated alkanes) is 2. The van der Waals surface area contributed by atoms with Gasteiger partial charge in [0.2, 0.25) is 10.0 Å². The molecule has 1 aliphatic heterocycles. The summed E-state index contributed by atoms with van der Waals surface area (Å²) < 4.78 is 34.8. The first-order valence-corrected chi connectivity index (χ1v) is 14.3. The third kappa shape index (κ3) is 7.93. The molecule has 0 saturated carbocycles. The zero-order valence-corrected chi connectivity index (χ0v) is 23.2. The molecule has 37 heavy (non-hydrogen) atoms. The molecule has 0 bridgehead atoms. The molecule has 2 N–H and O–H groups in total. The number of sulfonamides is 1. The highest BCUT2D eigenvalue weighted by Crippen LogP contribution is 2.34. The molecule has 3 rings (SSSR count). The molecule has 10 heteroatoms. The zero-order valence-electron chi connectivity index (χ0n) is 21.6. The van der Waals surface area contributed by atoms with E-state index >= 15 is 0 Å². The van der Waals surface area contributed by atoms with Gasteiger partial charge in [0.1, 0.15) is 10.6 Å². The molecule has 8 nitrogen and oxygen atoms in total. The largest absolute Gasteiger partial charge is 0.492 e. The topological polar surface area (TPSA) is 116 Å². The minimum absolute atomic E-state index is 0.139. The van der Waals surface area contributed by atoms with Crippen LogP contribution < -0.4 is 9.88 Å². The summed E-state index contributed by atoms with van der Waals surface area (Å²) in [5, 5.41) is 5.97. The van der Waals surface area contributed by atoms with Crippen LogP contribution in [-0.4, -0.2) is 50.5 Å². The van der Waals surface area contributed by atoms with E-state index in [4.69, 9.17) is 26.2 Å². The maximum absolute atomic E-state index is 12.8. The molecule has 202 valence electrons. The second-order valence-electron chi connectivity index (χ2n) is 10.1. The Labute approximate surface area is 224 Å². The fourth-order valence-electron chi connectivity index (χ4n) is 4.25. The van der Waals surface area contributed by atoms with Gasteiger partial charge in [0.15, 0.2) is 5.78 Å². The molecule has 0 unspecified atom stereocenters. The molecule has 0 aromatic heterocycles. The van der Waals surface area contributed by atoms with Crippen molar-refractivity contribution in [2.45, 2.75) is 69.7 Å². The molecule has 0 fully saturated rings. The number of carbonyl (C=O) groups is 2. The van der Waals surface area contributed by atoms with Crippen molar-refractivity contribution in [2.24, 2.45) is 5.14 Å². The quantitative estimate of drug-likeness (QED) is 0.306. The molecule has 0 radical (unpaired) electrons. The van der Waals surface area contributed by atoms with Gasteiger partial charge in [0.25, 0.3) is 0 Å². The van der Waals surface area contributed by atoms with E-state index in [0.717, 1.165) is 12.0 Å². The number of hydrogen-bond donors (Lipinski definition) is 1. The van der Waals surface area contributed by atoms with Crippen molar-refractivity contribution < 1.29 is 27.5 Å². The van der Waals surface area contributed by atoms with Crippen molar-refractivity contribution >= 4 is 33.5 Å². The number of nitrogens with two attached hydrogens (primary N) is 1. The molecule has 0 aliphatic carbocycles. The molecule has 1 aliphatic rings. The van der Waals surface area contributed by atoms with Gasteiger partial charge in [-0.2, -0.15) is 0 Å². The predicted molar refractivity (Wildman–Crippen MR) is 143 cm³/mol. The minimum Gasteiger partial charge on any atom is -0.492 e. The van der Waals surface area contributed by atoms with E-state index < -0.39 is 15.6 Å². The fourth-order valence-corrected chi connectivity index (χ4v) is 5.22. The second kappa shape index (κ2) is 12.3. The Bertz CT molecular complexity index is 1240. The standard InChI is InChI=1S/C27H35ClN2O6S/c1-27(2,3)30(26(32)36-16-12-19-9-6-7-10-22(19)28)14-8-4-5-11-23(31)21-17-20-13-15-35-25(20)24(18-21)37(29,33)34/h6-7,9-10,17-18H,4-5,8,11-16H2,1-3H3,(H2,29,33,34). The molecule has 0 saturated heterocycles. The smallest absolute Gasteiger partial charge is 0.410 e. The molecule has 1 heterocycles. The molecular weight excluding hydrogens is 516 g/mol. The van der Waals surface area contributed by atoms with E-state index in [1.54, 1.807) is 11.0 Å². The van der Waals surface area contributed by atoms with Crippen LogP contribution in [0, 0.1) is 0 Å². The predicted octanol–water partition coefficient (Wildman–Crippen LogP) is 5.15. The van der Waals surface area contributed by atoms with Crippen LogP contribution in [0.5, 0.6) is 5.75 Å². The number of fused-ring (bicyclic) bond motifs is 1. The van der Waals surface area contributed by atoms with E-state index in [2.05, 4.69) is 0 Å². The fraction of sp³-hybridized carbons (Fsp3) is 0.481. The highest BCUT2D eigenvalue weighted by molar-refractivity contribution is 7.89. The van der Waals surface area contributed by atoms with Gasteiger partial charge in [-0.15, -0.1) is 0 Å². The zero-order chi connectivity index (χ0) is 27.2. The van der Waals surface area contributed by atoms with Crippen LogP contribution in [-0.2, 0) is 27.6 Å². The monoisotopic (exact) mass is 550 g/mol. The summed E-state index contributed by atoms with van der Waals surface area (Å²) >= 11 is 6.17. The number of rotatable bonds is 11. The van der Waals surface area contributed by atoms with Crippen molar-refractivity contribution in [3.05, 3.63) is 58.1 Å². The number of Topliss-reactive ketones (excluding diaryl/α,β-unsaturated/α-hetero) is 1. The molecular formula is C27H35ClN2O6S. The minimum atomic E-state index is -4.00. The molecule has 2 aromatic rings. The highest BCUT2D eigenvalue weighted by Gasteiger charge is 2.28. The van der Waals surface area contributed by atoms with Gasteiger partial charge in [-0.05, 0) is 62.9 Å². The van der Waals surface area contributed by atoms with Crippen molar-refractivity contribution in [1.82, 2.24) is 4.90 Å². The van der Waals surface area contributed by atoms with E-state index in [1.165, 1.54) is 6.07 Å². The Kier molecular flexibility index (Phi) is 9.61. The average Bonchev–Trinajstić information content (AvgIpc) is 3.29. The Hall–Kier alpha value is -2.62. The summed E-state index contributed by atoms with van der Waals surface area (Å²) in [6, 6.07) is 10.5. The van der Waals surface area contributed by atoms with Crippen molar-refractivity contribution in [1.29, 1.82) is 0 Å². The average molecular weight is 551 g/mol. The number of amides is 1. The van der Waals surface area contributed by atoms with Crippen molar-refractivity contribution in [3.63, 3.8) is 0 Å².